The van der Waals surface area contributed by atoms with E-state index in [4.69, 9.17) is 9.26 Å². The van der Waals surface area contributed by atoms with E-state index >= 15 is 0 Å². The second-order valence-electron chi connectivity index (χ2n) is 4.14. The Morgan fingerprint density at radius 3 is 3.00 bits per heavy atom. The predicted molar refractivity (Wildman–Crippen MR) is 52.2 cm³/mol. The largest absolute Gasteiger partial charge is 0.370 e. The summed E-state index contributed by atoms with van der Waals surface area (Å²) in [5.74, 6) is 1.44. The van der Waals surface area contributed by atoms with Crippen LogP contribution >= 0.6 is 0 Å². The standard InChI is InChI=1S/C10H15N3O2/c1-3-7(11-5-1)10-12-9(13-15-10)8-4-2-6-14-8/h7-8,11H,1-6H2/t7-,8?/m1/s1. The van der Waals surface area contributed by atoms with Gasteiger partial charge >= 0.3 is 0 Å². The topological polar surface area (TPSA) is 60.2 Å². The molecule has 0 saturated carbocycles. The van der Waals surface area contributed by atoms with Gasteiger partial charge in [0.15, 0.2) is 0 Å². The van der Waals surface area contributed by atoms with Gasteiger partial charge in [-0.05, 0) is 32.2 Å². The van der Waals surface area contributed by atoms with Crippen LogP contribution in [0.5, 0.6) is 0 Å². The molecule has 0 aliphatic carbocycles. The number of nitrogens with one attached hydrogen (secondary N) is 1. The van der Waals surface area contributed by atoms with Gasteiger partial charge in [0.25, 0.3) is 0 Å². The van der Waals surface area contributed by atoms with Gasteiger partial charge in [-0.15, -0.1) is 0 Å². The van der Waals surface area contributed by atoms with E-state index in [9.17, 15) is 0 Å². The van der Waals surface area contributed by atoms with Gasteiger partial charge < -0.3 is 14.6 Å². The smallest absolute Gasteiger partial charge is 0.243 e. The molecule has 0 spiro atoms. The summed E-state index contributed by atoms with van der Waals surface area (Å²) in [5, 5.41) is 7.33. The zero-order valence-electron chi connectivity index (χ0n) is 8.61. The molecule has 2 atom stereocenters. The highest BCUT2D eigenvalue weighted by Crippen LogP contribution is 2.28. The number of aromatic nitrogens is 2. The molecule has 15 heavy (non-hydrogen) atoms. The van der Waals surface area contributed by atoms with Crippen LogP contribution in [-0.4, -0.2) is 23.3 Å². The first kappa shape index (κ1) is 9.30. The van der Waals surface area contributed by atoms with Crippen molar-refractivity contribution in [2.45, 2.75) is 37.8 Å². The SMILES string of the molecule is C1COC(c2noc([C@H]3CCCN3)n2)C1. The summed E-state index contributed by atoms with van der Waals surface area (Å²) in [4.78, 5) is 4.41. The lowest BCUT2D eigenvalue weighted by Gasteiger charge is -2.03. The maximum atomic E-state index is 5.51. The minimum absolute atomic E-state index is 0.0592. The maximum Gasteiger partial charge on any atom is 0.243 e. The van der Waals surface area contributed by atoms with Crippen LogP contribution in [0.1, 0.15) is 49.5 Å². The van der Waals surface area contributed by atoms with Crippen LogP contribution in [0.15, 0.2) is 4.52 Å². The van der Waals surface area contributed by atoms with Crippen molar-refractivity contribution in [2.75, 3.05) is 13.2 Å². The molecule has 2 saturated heterocycles. The highest BCUT2D eigenvalue weighted by molar-refractivity contribution is 4.98. The molecule has 2 aliphatic rings. The molecule has 0 radical (unpaired) electrons. The Kier molecular flexibility index (Phi) is 2.42. The van der Waals surface area contributed by atoms with E-state index in [2.05, 4.69) is 15.5 Å². The Morgan fingerprint density at radius 1 is 1.27 bits per heavy atom. The minimum atomic E-state index is 0.0592. The molecule has 5 heteroatoms. The molecular weight excluding hydrogens is 194 g/mol. The van der Waals surface area contributed by atoms with Crippen molar-refractivity contribution in [3.63, 3.8) is 0 Å². The van der Waals surface area contributed by atoms with E-state index in [-0.39, 0.29) is 12.1 Å². The van der Waals surface area contributed by atoms with Gasteiger partial charge in [-0.25, -0.2) is 0 Å². The van der Waals surface area contributed by atoms with Crippen LogP contribution in [0.3, 0.4) is 0 Å². The highest BCUT2D eigenvalue weighted by atomic mass is 16.5. The Morgan fingerprint density at radius 2 is 2.27 bits per heavy atom. The molecule has 0 bridgehead atoms. The highest BCUT2D eigenvalue weighted by Gasteiger charge is 2.27. The molecule has 82 valence electrons. The lowest BCUT2D eigenvalue weighted by atomic mass is 10.2. The van der Waals surface area contributed by atoms with Crippen molar-refractivity contribution < 1.29 is 9.26 Å². The monoisotopic (exact) mass is 209 g/mol. The predicted octanol–water partition coefficient (Wildman–Crippen LogP) is 1.35. The van der Waals surface area contributed by atoms with Crippen LogP contribution in [0.25, 0.3) is 0 Å². The molecule has 3 rings (SSSR count). The van der Waals surface area contributed by atoms with Crippen LogP contribution in [0.4, 0.5) is 0 Å². The van der Waals surface area contributed by atoms with E-state index in [0.29, 0.717) is 0 Å². The van der Waals surface area contributed by atoms with Crippen molar-refractivity contribution in [1.82, 2.24) is 15.5 Å². The van der Waals surface area contributed by atoms with Gasteiger partial charge in [-0.1, -0.05) is 5.16 Å². The van der Waals surface area contributed by atoms with Gasteiger partial charge in [0, 0.05) is 6.61 Å². The van der Waals surface area contributed by atoms with Crippen molar-refractivity contribution >= 4 is 0 Å². The maximum absolute atomic E-state index is 5.51. The average molecular weight is 209 g/mol. The van der Waals surface area contributed by atoms with Gasteiger partial charge in [0.2, 0.25) is 11.7 Å². The summed E-state index contributed by atoms with van der Waals surface area (Å²) in [6, 6.07) is 0.257. The van der Waals surface area contributed by atoms with Crippen LogP contribution in [0.2, 0.25) is 0 Å². The summed E-state index contributed by atoms with van der Waals surface area (Å²) in [5.41, 5.74) is 0. The van der Waals surface area contributed by atoms with Crippen molar-refractivity contribution in [2.24, 2.45) is 0 Å². The Hall–Kier alpha value is -0.940. The number of nitrogens with zero attached hydrogens (tertiary/aromatic N) is 2. The van der Waals surface area contributed by atoms with E-state index in [1.807, 2.05) is 0 Å². The first-order valence-corrected chi connectivity index (χ1v) is 5.62. The quantitative estimate of drug-likeness (QED) is 0.796. The second-order valence-corrected chi connectivity index (χ2v) is 4.14. The van der Waals surface area contributed by atoms with E-state index in [0.717, 1.165) is 44.1 Å². The molecule has 2 aliphatic heterocycles. The first-order valence-electron chi connectivity index (χ1n) is 5.62. The van der Waals surface area contributed by atoms with Crippen molar-refractivity contribution in [1.29, 1.82) is 0 Å². The summed E-state index contributed by atoms with van der Waals surface area (Å²) in [6.45, 7) is 1.86. The Balaban J connectivity index is 1.74. The molecule has 0 aromatic carbocycles. The Bertz CT molecular complexity index is 297. The molecule has 1 N–H and O–H groups in total. The first-order chi connectivity index (χ1) is 7.43. The van der Waals surface area contributed by atoms with Crippen LogP contribution in [-0.2, 0) is 4.74 Å². The molecule has 1 unspecified atom stereocenters. The molecule has 2 fully saturated rings. The number of hydrogen-bond donors (Lipinski definition) is 1. The van der Waals surface area contributed by atoms with E-state index in [1.54, 1.807) is 0 Å². The van der Waals surface area contributed by atoms with Crippen LogP contribution < -0.4 is 5.32 Å². The fraction of sp³-hybridized carbons (Fsp3) is 0.800. The van der Waals surface area contributed by atoms with E-state index < -0.39 is 0 Å². The van der Waals surface area contributed by atoms with Crippen molar-refractivity contribution in [3.8, 4) is 0 Å². The fourth-order valence-corrected chi connectivity index (χ4v) is 2.20. The summed E-state index contributed by atoms with van der Waals surface area (Å²) >= 11 is 0. The number of hydrogen-bond acceptors (Lipinski definition) is 5. The number of ether oxygens (including phenoxy) is 1. The Labute approximate surface area is 88.2 Å². The third kappa shape index (κ3) is 1.77. The molecule has 5 nitrogen and oxygen atoms in total. The molecule has 1 aromatic heterocycles. The molecule has 3 heterocycles. The van der Waals surface area contributed by atoms with Gasteiger partial charge in [0.05, 0.1) is 6.04 Å². The molecule has 1 aromatic rings. The lowest BCUT2D eigenvalue weighted by molar-refractivity contribution is 0.103. The zero-order chi connectivity index (χ0) is 10.1. The van der Waals surface area contributed by atoms with Crippen LogP contribution in [0, 0.1) is 0 Å². The summed E-state index contributed by atoms with van der Waals surface area (Å²) in [6.07, 6.45) is 4.44. The van der Waals surface area contributed by atoms with Crippen molar-refractivity contribution in [3.05, 3.63) is 11.7 Å². The number of rotatable bonds is 2. The minimum Gasteiger partial charge on any atom is -0.370 e. The average Bonchev–Trinajstić information content (AvgIpc) is 3.02. The molecule has 0 amide bonds. The zero-order valence-corrected chi connectivity index (χ0v) is 8.61. The van der Waals surface area contributed by atoms with Gasteiger partial charge in [0.1, 0.15) is 6.10 Å². The van der Waals surface area contributed by atoms with Gasteiger partial charge in [-0.3, -0.25) is 0 Å². The fourth-order valence-electron chi connectivity index (χ4n) is 2.20. The normalized spacial score (nSPS) is 31.2. The van der Waals surface area contributed by atoms with E-state index in [1.165, 1.54) is 6.42 Å². The lowest BCUT2D eigenvalue weighted by Crippen LogP contribution is -2.13. The third-order valence-electron chi connectivity index (χ3n) is 3.03. The summed E-state index contributed by atoms with van der Waals surface area (Å²) in [7, 11) is 0. The second kappa shape index (κ2) is 3.90. The van der Waals surface area contributed by atoms with Gasteiger partial charge in [-0.2, -0.15) is 4.98 Å². The molecular formula is C10H15N3O2. The summed E-state index contributed by atoms with van der Waals surface area (Å²) < 4.78 is 10.8. The third-order valence-corrected chi connectivity index (χ3v) is 3.03.